The van der Waals surface area contributed by atoms with Gasteiger partial charge in [-0.15, -0.1) is 0 Å². The van der Waals surface area contributed by atoms with Crippen molar-refractivity contribution in [1.82, 2.24) is 4.90 Å². The second-order valence-corrected chi connectivity index (χ2v) is 9.57. The van der Waals surface area contributed by atoms with Gasteiger partial charge in [-0.1, -0.05) is 46.3 Å². The van der Waals surface area contributed by atoms with Gasteiger partial charge in [-0.05, 0) is 30.2 Å². The van der Waals surface area contributed by atoms with Crippen LogP contribution in [0.25, 0.3) is 0 Å². The summed E-state index contributed by atoms with van der Waals surface area (Å²) >= 11 is 3.16. The monoisotopic (exact) mass is 455 g/mol. The van der Waals surface area contributed by atoms with Crippen LogP contribution in [-0.4, -0.2) is 43.4 Å². The summed E-state index contributed by atoms with van der Waals surface area (Å²) in [6, 6.07) is 13.2. The highest BCUT2D eigenvalue weighted by atomic mass is 79.9. The Morgan fingerprint density at radius 2 is 1.96 bits per heavy atom. The first-order valence-electron chi connectivity index (χ1n) is 8.46. The zero-order valence-corrected chi connectivity index (χ0v) is 16.9. The number of carbonyl (C=O) groups is 1. The lowest BCUT2D eigenvalue weighted by atomic mass is 10.1. The Bertz CT molecular complexity index is 921. The number of hydrogen-bond donors (Lipinski definition) is 0. The molecule has 0 bridgehead atoms. The molecule has 1 unspecified atom stereocenters. The van der Waals surface area contributed by atoms with E-state index in [1.165, 1.54) is 17.0 Å². The van der Waals surface area contributed by atoms with E-state index >= 15 is 0 Å². The van der Waals surface area contributed by atoms with Gasteiger partial charge in [0.1, 0.15) is 0 Å². The smallest absolute Gasteiger partial charge is 0.261 e. The number of benzene rings is 2. The number of ether oxygens (including phenoxy) is 1. The van der Waals surface area contributed by atoms with Crippen LogP contribution in [0.5, 0.6) is 5.75 Å². The van der Waals surface area contributed by atoms with E-state index in [9.17, 15) is 17.6 Å². The quantitative estimate of drug-likeness (QED) is 0.670. The summed E-state index contributed by atoms with van der Waals surface area (Å²) in [4.78, 5) is 14.3. The van der Waals surface area contributed by atoms with Crippen LogP contribution in [-0.2, 0) is 21.2 Å². The molecule has 0 aliphatic carbocycles. The number of hydrogen-bond acceptors (Lipinski definition) is 4. The van der Waals surface area contributed by atoms with Crippen molar-refractivity contribution >= 4 is 31.7 Å². The lowest BCUT2D eigenvalue weighted by Crippen LogP contribution is -2.43. The Morgan fingerprint density at radius 3 is 2.59 bits per heavy atom. The molecule has 8 heteroatoms. The van der Waals surface area contributed by atoms with Gasteiger partial charge in [0.2, 0.25) is 0 Å². The first-order chi connectivity index (χ1) is 12.8. The molecule has 1 aliphatic rings. The second-order valence-electron chi connectivity index (χ2n) is 6.43. The highest BCUT2D eigenvalue weighted by Gasteiger charge is 2.34. The molecule has 5 nitrogen and oxygen atoms in total. The lowest BCUT2D eigenvalue weighted by Gasteiger charge is -2.28. The average molecular weight is 456 g/mol. The van der Waals surface area contributed by atoms with Crippen LogP contribution in [0.2, 0.25) is 0 Å². The predicted molar refractivity (Wildman–Crippen MR) is 104 cm³/mol. The van der Waals surface area contributed by atoms with Gasteiger partial charge >= 0.3 is 0 Å². The molecule has 0 saturated carbocycles. The van der Waals surface area contributed by atoms with Crippen molar-refractivity contribution in [3.63, 3.8) is 0 Å². The SMILES string of the molecule is O=C(COc1ccc(Br)cc1F)N(Cc1ccccc1)C1CCS(=O)(=O)C1. The summed E-state index contributed by atoms with van der Waals surface area (Å²) in [5.74, 6) is -0.958. The van der Waals surface area contributed by atoms with Gasteiger partial charge in [-0.2, -0.15) is 0 Å². The number of amides is 1. The summed E-state index contributed by atoms with van der Waals surface area (Å²) in [7, 11) is -3.14. The van der Waals surface area contributed by atoms with Gasteiger partial charge in [0, 0.05) is 17.1 Å². The molecule has 0 N–H and O–H groups in total. The molecule has 0 aromatic heterocycles. The van der Waals surface area contributed by atoms with Crippen LogP contribution in [0, 0.1) is 5.82 Å². The average Bonchev–Trinajstić information content (AvgIpc) is 2.99. The first-order valence-corrected chi connectivity index (χ1v) is 11.1. The third kappa shape index (κ3) is 5.29. The molecule has 1 amide bonds. The van der Waals surface area contributed by atoms with Gasteiger partial charge in [-0.3, -0.25) is 4.79 Å². The van der Waals surface area contributed by atoms with Crippen LogP contribution in [0.15, 0.2) is 53.0 Å². The van der Waals surface area contributed by atoms with E-state index in [-0.39, 0.29) is 36.3 Å². The molecule has 1 saturated heterocycles. The highest BCUT2D eigenvalue weighted by Crippen LogP contribution is 2.23. The Balaban J connectivity index is 1.74. The van der Waals surface area contributed by atoms with E-state index in [4.69, 9.17) is 4.74 Å². The molecule has 2 aromatic carbocycles. The largest absolute Gasteiger partial charge is 0.481 e. The fourth-order valence-corrected chi connectivity index (χ4v) is 5.10. The van der Waals surface area contributed by atoms with Gasteiger partial charge in [0.05, 0.1) is 11.5 Å². The zero-order chi connectivity index (χ0) is 19.4. The van der Waals surface area contributed by atoms with Crippen molar-refractivity contribution in [1.29, 1.82) is 0 Å². The number of halogens is 2. The van der Waals surface area contributed by atoms with Crippen LogP contribution in [0.3, 0.4) is 0 Å². The molecule has 1 heterocycles. The van der Waals surface area contributed by atoms with Crippen LogP contribution < -0.4 is 4.74 Å². The van der Waals surface area contributed by atoms with Gasteiger partial charge in [0.15, 0.2) is 28.0 Å². The van der Waals surface area contributed by atoms with Crippen molar-refractivity contribution in [2.45, 2.75) is 19.0 Å². The number of sulfone groups is 1. The third-order valence-corrected chi connectivity index (χ3v) is 6.65. The lowest BCUT2D eigenvalue weighted by molar-refractivity contribution is -0.136. The van der Waals surface area contributed by atoms with Crippen molar-refractivity contribution in [3.05, 3.63) is 64.4 Å². The van der Waals surface area contributed by atoms with Crippen molar-refractivity contribution in [3.8, 4) is 5.75 Å². The fourth-order valence-electron chi connectivity index (χ4n) is 3.04. The van der Waals surface area contributed by atoms with E-state index in [2.05, 4.69) is 15.9 Å². The van der Waals surface area contributed by atoms with Crippen molar-refractivity contribution in [2.75, 3.05) is 18.1 Å². The van der Waals surface area contributed by atoms with E-state index in [1.54, 1.807) is 6.07 Å². The number of rotatable bonds is 6. The molecule has 0 spiro atoms. The normalized spacial score (nSPS) is 18.2. The summed E-state index contributed by atoms with van der Waals surface area (Å²) in [5.41, 5.74) is 0.893. The summed E-state index contributed by atoms with van der Waals surface area (Å²) in [6.45, 7) is -0.0754. The molecule has 3 rings (SSSR count). The topological polar surface area (TPSA) is 63.7 Å². The maximum atomic E-state index is 13.9. The Morgan fingerprint density at radius 1 is 1.22 bits per heavy atom. The van der Waals surface area contributed by atoms with Crippen LogP contribution in [0.1, 0.15) is 12.0 Å². The Hall–Kier alpha value is -1.93. The molecule has 1 aliphatic heterocycles. The minimum atomic E-state index is -3.14. The van der Waals surface area contributed by atoms with Crippen molar-refractivity contribution in [2.24, 2.45) is 0 Å². The summed E-state index contributed by atoms with van der Waals surface area (Å²) in [5, 5.41) is 0. The minimum absolute atomic E-state index is 0.0229. The molecule has 1 fully saturated rings. The second kappa shape index (κ2) is 8.39. The van der Waals surface area contributed by atoms with Crippen molar-refractivity contribution < 1.29 is 22.3 Å². The highest BCUT2D eigenvalue weighted by molar-refractivity contribution is 9.10. The van der Waals surface area contributed by atoms with Gasteiger partial charge in [0.25, 0.3) is 5.91 Å². The molecule has 1 atom stereocenters. The Labute approximate surface area is 166 Å². The molecule has 0 radical (unpaired) electrons. The maximum Gasteiger partial charge on any atom is 0.261 e. The standard InChI is InChI=1S/C19H19BrFNO4S/c20-15-6-7-18(17(21)10-15)26-12-19(23)22(11-14-4-2-1-3-5-14)16-8-9-27(24,25)13-16/h1-7,10,16H,8-9,11-13H2. The summed E-state index contributed by atoms with van der Waals surface area (Å²) in [6.07, 6.45) is 0.396. The number of nitrogens with zero attached hydrogens (tertiary/aromatic N) is 1. The zero-order valence-electron chi connectivity index (χ0n) is 14.5. The predicted octanol–water partition coefficient (Wildman–Crippen LogP) is 3.18. The number of carbonyl (C=O) groups excluding carboxylic acids is 1. The molecular formula is C19H19BrFNO4S. The summed E-state index contributed by atoms with van der Waals surface area (Å²) < 4.78 is 43.5. The van der Waals surface area contributed by atoms with E-state index < -0.39 is 21.7 Å². The van der Waals surface area contributed by atoms with Crippen LogP contribution >= 0.6 is 15.9 Å². The Kier molecular flexibility index (Phi) is 6.16. The van der Waals surface area contributed by atoms with E-state index in [1.807, 2.05) is 30.3 Å². The fraction of sp³-hybridized carbons (Fsp3) is 0.316. The molecule has 27 heavy (non-hydrogen) atoms. The maximum absolute atomic E-state index is 13.9. The van der Waals surface area contributed by atoms with E-state index in [0.717, 1.165) is 5.56 Å². The molecular weight excluding hydrogens is 437 g/mol. The minimum Gasteiger partial charge on any atom is -0.481 e. The van der Waals surface area contributed by atoms with Gasteiger partial charge in [-0.25, -0.2) is 12.8 Å². The first kappa shape index (κ1) is 19.8. The molecule has 144 valence electrons. The van der Waals surface area contributed by atoms with E-state index in [0.29, 0.717) is 10.9 Å². The molecule has 2 aromatic rings. The van der Waals surface area contributed by atoms with Gasteiger partial charge < -0.3 is 9.64 Å². The van der Waals surface area contributed by atoms with Crippen LogP contribution in [0.4, 0.5) is 4.39 Å². The third-order valence-electron chi connectivity index (χ3n) is 4.41.